The van der Waals surface area contributed by atoms with Crippen LogP contribution >= 0.6 is 0 Å². The number of carbonyl (C=O) groups is 2. The lowest BCUT2D eigenvalue weighted by Gasteiger charge is -2.12. The predicted octanol–water partition coefficient (Wildman–Crippen LogP) is 2.25. The number of anilines is 2. The molecule has 8 heteroatoms. The maximum absolute atomic E-state index is 12.2. The van der Waals surface area contributed by atoms with Crippen LogP contribution in [0.4, 0.5) is 16.2 Å². The number of carbonyl (C=O) groups excluding carboxylic acids is 2. The fourth-order valence-electron chi connectivity index (χ4n) is 2.69. The van der Waals surface area contributed by atoms with Gasteiger partial charge in [0.25, 0.3) is 5.91 Å². The molecule has 0 spiro atoms. The monoisotopic (exact) mass is 373 g/mol. The van der Waals surface area contributed by atoms with Crippen LogP contribution in [-0.2, 0) is 9.84 Å². The highest BCUT2D eigenvalue weighted by Crippen LogP contribution is 2.14. The molecule has 1 atom stereocenters. The van der Waals surface area contributed by atoms with Crippen LogP contribution in [-0.4, -0.2) is 37.9 Å². The quantitative estimate of drug-likeness (QED) is 0.764. The smallest absolute Gasteiger partial charge is 0.319 e. The normalized spacial score (nSPS) is 18.1. The van der Waals surface area contributed by atoms with Gasteiger partial charge in [0.15, 0.2) is 9.84 Å². The lowest BCUT2D eigenvalue weighted by Crippen LogP contribution is -2.38. The van der Waals surface area contributed by atoms with Gasteiger partial charge in [-0.1, -0.05) is 18.2 Å². The second kappa shape index (κ2) is 7.57. The van der Waals surface area contributed by atoms with Crippen molar-refractivity contribution in [2.24, 2.45) is 0 Å². The topological polar surface area (TPSA) is 104 Å². The highest BCUT2D eigenvalue weighted by Gasteiger charge is 2.28. The van der Waals surface area contributed by atoms with E-state index in [2.05, 4.69) is 16.0 Å². The van der Waals surface area contributed by atoms with E-state index in [1.54, 1.807) is 36.4 Å². The molecule has 1 heterocycles. The highest BCUT2D eigenvalue weighted by molar-refractivity contribution is 7.91. The zero-order valence-corrected chi connectivity index (χ0v) is 14.8. The summed E-state index contributed by atoms with van der Waals surface area (Å²) in [5, 5.41) is 8.06. The first-order valence-corrected chi connectivity index (χ1v) is 9.98. The van der Waals surface area contributed by atoms with Gasteiger partial charge in [0.05, 0.1) is 11.5 Å². The van der Waals surface area contributed by atoms with Gasteiger partial charge in [-0.3, -0.25) is 4.79 Å². The van der Waals surface area contributed by atoms with Crippen molar-refractivity contribution in [2.75, 3.05) is 22.1 Å². The third kappa shape index (κ3) is 4.82. The van der Waals surface area contributed by atoms with E-state index < -0.39 is 15.9 Å². The first-order chi connectivity index (χ1) is 12.4. The van der Waals surface area contributed by atoms with Crippen molar-refractivity contribution in [1.82, 2.24) is 5.32 Å². The summed E-state index contributed by atoms with van der Waals surface area (Å²) in [5.41, 5.74) is 1.67. The van der Waals surface area contributed by atoms with Crippen molar-refractivity contribution in [2.45, 2.75) is 12.5 Å². The largest absolute Gasteiger partial charge is 0.334 e. The van der Waals surface area contributed by atoms with E-state index in [4.69, 9.17) is 0 Å². The van der Waals surface area contributed by atoms with E-state index >= 15 is 0 Å². The van der Waals surface area contributed by atoms with E-state index in [9.17, 15) is 18.0 Å². The third-order valence-electron chi connectivity index (χ3n) is 4.00. The molecule has 3 rings (SSSR count). The predicted molar refractivity (Wildman–Crippen MR) is 100 cm³/mol. The zero-order chi connectivity index (χ0) is 18.6. The van der Waals surface area contributed by atoms with Gasteiger partial charge >= 0.3 is 6.03 Å². The molecule has 7 nitrogen and oxygen atoms in total. The molecule has 1 saturated heterocycles. The Morgan fingerprint density at radius 2 is 1.54 bits per heavy atom. The van der Waals surface area contributed by atoms with Crippen LogP contribution < -0.4 is 16.0 Å². The molecular weight excluding hydrogens is 354 g/mol. The number of hydrogen-bond donors (Lipinski definition) is 3. The Bertz CT molecular complexity index is 896. The molecule has 136 valence electrons. The standard InChI is InChI=1S/C18H19N3O4S/c22-17(19-14-4-2-1-3-5-14)13-6-8-15(9-7-13)20-18(23)21-16-10-11-26(24,25)12-16/h1-9,16H,10-12H2,(H,19,22)(H2,20,21,23). The molecule has 2 aromatic rings. The Balaban J connectivity index is 1.54. The summed E-state index contributed by atoms with van der Waals surface area (Å²) >= 11 is 0. The van der Waals surface area contributed by atoms with Crippen LogP contribution in [0.3, 0.4) is 0 Å². The number of amides is 3. The summed E-state index contributed by atoms with van der Waals surface area (Å²) in [4.78, 5) is 24.1. The molecule has 3 N–H and O–H groups in total. The van der Waals surface area contributed by atoms with Gasteiger partial charge < -0.3 is 16.0 Å². The van der Waals surface area contributed by atoms with Crippen LogP contribution in [0.15, 0.2) is 54.6 Å². The third-order valence-corrected chi connectivity index (χ3v) is 5.77. The second-order valence-corrected chi connectivity index (χ2v) is 8.32. The van der Waals surface area contributed by atoms with E-state index in [1.807, 2.05) is 18.2 Å². The SMILES string of the molecule is O=C(Nc1ccc(C(=O)Nc2ccccc2)cc1)NC1CCS(=O)(=O)C1. The summed E-state index contributed by atoms with van der Waals surface area (Å²) in [6, 6.07) is 14.7. The number of sulfone groups is 1. The van der Waals surface area contributed by atoms with Gasteiger partial charge in [-0.2, -0.15) is 0 Å². The molecule has 0 saturated carbocycles. The molecule has 0 radical (unpaired) electrons. The zero-order valence-electron chi connectivity index (χ0n) is 13.9. The van der Waals surface area contributed by atoms with Crippen LogP contribution in [0.2, 0.25) is 0 Å². The van der Waals surface area contributed by atoms with Gasteiger partial charge in [0.1, 0.15) is 0 Å². The molecule has 1 unspecified atom stereocenters. The van der Waals surface area contributed by atoms with Gasteiger partial charge in [-0.25, -0.2) is 13.2 Å². The Kier molecular flexibility index (Phi) is 5.22. The Hall–Kier alpha value is -2.87. The molecule has 2 aromatic carbocycles. The molecule has 1 aliphatic heterocycles. The fraction of sp³-hybridized carbons (Fsp3) is 0.222. The Morgan fingerprint density at radius 3 is 2.15 bits per heavy atom. The summed E-state index contributed by atoms with van der Waals surface area (Å²) in [6.07, 6.45) is 0.425. The van der Waals surface area contributed by atoms with Gasteiger partial charge in [0, 0.05) is 23.0 Å². The number of para-hydroxylation sites is 1. The Morgan fingerprint density at radius 1 is 0.885 bits per heavy atom. The van der Waals surface area contributed by atoms with Crippen molar-refractivity contribution in [3.8, 4) is 0 Å². The maximum atomic E-state index is 12.2. The van der Waals surface area contributed by atoms with E-state index in [-0.39, 0.29) is 23.5 Å². The summed E-state index contributed by atoms with van der Waals surface area (Å²) < 4.78 is 22.8. The van der Waals surface area contributed by atoms with E-state index in [0.29, 0.717) is 23.4 Å². The first-order valence-electron chi connectivity index (χ1n) is 8.16. The molecule has 0 bridgehead atoms. The molecule has 26 heavy (non-hydrogen) atoms. The van der Waals surface area contributed by atoms with Crippen molar-refractivity contribution in [3.63, 3.8) is 0 Å². The average molecular weight is 373 g/mol. The second-order valence-electron chi connectivity index (χ2n) is 6.10. The van der Waals surface area contributed by atoms with E-state index in [1.165, 1.54) is 0 Å². The van der Waals surface area contributed by atoms with Crippen LogP contribution in [0.1, 0.15) is 16.8 Å². The summed E-state index contributed by atoms with van der Waals surface area (Å²) in [7, 11) is -3.04. The van der Waals surface area contributed by atoms with Gasteiger partial charge in [-0.05, 0) is 42.8 Å². The molecule has 0 aromatic heterocycles. The lowest BCUT2D eigenvalue weighted by molar-refractivity contribution is 0.102. The first kappa shape index (κ1) is 17.9. The van der Waals surface area contributed by atoms with Crippen molar-refractivity contribution < 1.29 is 18.0 Å². The number of benzene rings is 2. The molecule has 0 aliphatic carbocycles. The molecule has 1 fully saturated rings. The van der Waals surface area contributed by atoms with Crippen LogP contribution in [0, 0.1) is 0 Å². The fourth-order valence-corrected chi connectivity index (χ4v) is 4.36. The van der Waals surface area contributed by atoms with Crippen LogP contribution in [0.25, 0.3) is 0 Å². The minimum Gasteiger partial charge on any atom is -0.334 e. The van der Waals surface area contributed by atoms with Crippen molar-refractivity contribution in [3.05, 3.63) is 60.2 Å². The van der Waals surface area contributed by atoms with Gasteiger partial charge in [-0.15, -0.1) is 0 Å². The number of urea groups is 1. The van der Waals surface area contributed by atoms with Gasteiger partial charge in [0.2, 0.25) is 0 Å². The Labute approximate surface area is 151 Å². The average Bonchev–Trinajstić information content (AvgIpc) is 2.94. The van der Waals surface area contributed by atoms with Crippen molar-refractivity contribution in [1.29, 1.82) is 0 Å². The molecular formula is C18H19N3O4S. The summed E-state index contributed by atoms with van der Waals surface area (Å²) in [6.45, 7) is 0. The number of rotatable bonds is 4. The summed E-state index contributed by atoms with van der Waals surface area (Å²) in [5.74, 6) is -0.175. The minimum absolute atomic E-state index is 0.0288. The highest BCUT2D eigenvalue weighted by atomic mass is 32.2. The van der Waals surface area contributed by atoms with Crippen LogP contribution in [0.5, 0.6) is 0 Å². The molecule has 1 aliphatic rings. The van der Waals surface area contributed by atoms with E-state index in [0.717, 1.165) is 0 Å². The molecule has 3 amide bonds. The van der Waals surface area contributed by atoms with Crippen molar-refractivity contribution >= 4 is 33.2 Å². The number of nitrogens with one attached hydrogen (secondary N) is 3. The lowest BCUT2D eigenvalue weighted by atomic mass is 10.2. The maximum Gasteiger partial charge on any atom is 0.319 e. The number of hydrogen-bond acceptors (Lipinski definition) is 4. The minimum atomic E-state index is -3.04.